The molecule has 1 aromatic carbocycles. The first-order valence-corrected chi connectivity index (χ1v) is 6.23. The maximum absolute atomic E-state index is 12.3. The summed E-state index contributed by atoms with van der Waals surface area (Å²) in [5.74, 6) is 0. The zero-order chi connectivity index (χ0) is 13.6. The highest BCUT2D eigenvalue weighted by Crippen LogP contribution is 2.40. The summed E-state index contributed by atoms with van der Waals surface area (Å²) in [5, 5.41) is 2.50. The number of sulfonamides is 1. The molecule has 0 spiro atoms. The fraction of sp³-hybridized carbons (Fsp3) is 0.333. The fourth-order valence-corrected chi connectivity index (χ4v) is 3.20. The Kier molecular flexibility index (Phi) is 2.90. The lowest BCUT2D eigenvalue weighted by molar-refractivity contribution is -0.132. The molecule has 5 nitrogen and oxygen atoms in total. The third-order valence-electron chi connectivity index (χ3n) is 2.50. The highest BCUT2D eigenvalue weighted by Gasteiger charge is 2.60. The van der Waals surface area contributed by atoms with E-state index in [1.54, 1.807) is 0 Å². The van der Waals surface area contributed by atoms with Crippen molar-refractivity contribution in [1.82, 2.24) is 4.31 Å². The quantitative estimate of drug-likeness (QED) is 0.628. The third kappa shape index (κ3) is 2.10. The highest BCUT2D eigenvalue weighted by atomic mass is 32.2. The SMILES string of the molecule is O=Nc1ccccc1S(=O)(=O)N1CC1C(F)(F)F. The van der Waals surface area contributed by atoms with Gasteiger partial charge in [-0.05, 0) is 17.3 Å². The number of alkyl halides is 3. The van der Waals surface area contributed by atoms with Gasteiger partial charge in [-0.25, -0.2) is 8.42 Å². The largest absolute Gasteiger partial charge is 0.406 e. The smallest absolute Gasteiger partial charge is 0.207 e. The number of halogens is 3. The van der Waals surface area contributed by atoms with E-state index in [2.05, 4.69) is 5.18 Å². The monoisotopic (exact) mass is 280 g/mol. The molecule has 1 heterocycles. The van der Waals surface area contributed by atoms with Crippen LogP contribution in [0.25, 0.3) is 0 Å². The van der Waals surface area contributed by atoms with Crippen LogP contribution in [0.2, 0.25) is 0 Å². The maximum atomic E-state index is 12.3. The summed E-state index contributed by atoms with van der Waals surface area (Å²) in [4.78, 5) is 9.93. The number of nitrogens with zero attached hydrogens (tertiary/aromatic N) is 2. The van der Waals surface area contributed by atoms with Gasteiger partial charge in [0.25, 0.3) is 0 Å². The van der Waals surface area contributed by atoms with Crippen molar-refractivity contribution in [2.24, 2.45) is 5.18 Å². The number of rotatable bonds is 3. The van der Waals surface area contributed by atoms with E-state index >= 15 is 0 Å². The summed E-state index contributed by atoms with van der Waals surface area (Å²) in [7, 11) is -4.32. The molecule has 18 heavy (non-hydrogen) atoms. The summed E-state index contributed by atoms with van der Waals surface area (Å²) in [6.07, 6.45) is -4.60. The number of hydrogen-bond donors (Lipinski definition) is 0. The standard InChI is InChI=1S/C9H7F3N2O3S/c10-9(11,12)8-5-14(8)18(16,17)7-4-2-1-3-6(7)13-15/h1-4,8H,5H2. The van der Waals surface area contributed by atoms with Crippen molar-refractivity contribution < 1.29 is 21.6 Å². The van der Waals surface area contributed by atoms with Gasteiger partial charge < -0.3 is 0 Å². The second-order valence-electron chi connectivity index (χ2n) is 3.69. The van der Waals surface area contributed by atoms with Crippen LogP contribution >= 0.6 is 0 Å². The lowest BCUT2D eigenvalue weighted by atomic mass is 10.3. The number of nitroso groups, excluding NO2 is 1. The van der Waals surface area contributed by atoms with Crippen LogP contribution in [0.4, 0.5) is 18.9 Å². The maximum Gasteiger partial charge on any atom is 0.406 e. The summed E-state index contributed by atoms with van der Waals surface area (Å²) in [6, 6.07) is 2.86. The molecule has 1 aliphatic heterocycles. The van der Waals surface area contributed by atoms with Crippen molar-refractivity contribution in [2.75, 3.05) is 6.54 Å². The Morgan fingerprint density at radius 2 is 1.89 bits per heavy atom. The minimum atomic E-state index is -4.60. The van der Waals surface area contributed by atoms with E-state index in [0.29, 0.717) is 0 Å². The van der Waals surface area contributed by atoms with Crippen molar-refractivity contribution in [3.63, 3.8) is 0 Å². The summed E-state index contributed by atoms with van der Waals surface area (Å²) in [5.41, 5.74) is -0.398. The molecule has 2 rings (SSSR count). The first kappa shape index (κ1) is 13.0. The molecule has 0 N–H and O–H groups in total. The number of hydrogen-bond acceptors (Lipinski definition) is 4. The van der Waals surface area contributed by atoms with Crippen LogP contribution in [-0.2, 0) is 10.0 Å². The van der Waals surface area contributed by atoms with E-state index in [-0.39, 0.29) is 4.31 Å². The van der Waals surface area contributed by atoms with Crippen molar-refractivity contribution in [1.29, 1.82) is 0 Å². The molecule has 2 atom stereocenters. The van der Waals surface area contributed by atoms with Crippen LogP contribution in [-0.4, -0.2) is 31.5 Å². The molecule has 1 aliphatic rings. The van der Waals surface area contributed by atoms with Gasteiger partial charge >= 0.3 is 6.18 Å². The lowest BCUT2D eigenvalue weighted by Gasteiger charge is -2.09. The molecular weight excluding hydrogens is 273 g/mol. The Hall–Kier alpha value is -1.48. The van der Waals surface area contributed by atoms with Gasteiger partial charge in [-0.3, -0.25) is 0 Å². The van der Waals surface area contributed by atoms with E-state index in [9.17, 15) is 26.5 Å². The van der Waals surface area contributed by atoms with Crippen LogP contribution in [0, 0.1) is 4.91 Å². The average molecular weight is 280 g/mol. The molecule has 1 fully saturated rings. The van der Waals surface area contributed by atoms with Crippen LogP contribution in [0.15, 0.2) is 34.3 Å². The predicted molar refractivity (Wildman–Crippen MR) is 55.6 cm³/mol. The van der Waals surface area contributed by atoms with Crippen molar-refractivity contribution >= 4 is 15.7 Å². The molecule has 0 aromatic heterocycles. The predicted octanol–water partition coefficient (Wildman–Crippen LogP) is 2.02. The Bertz CT molecular complexity index is 585. The van der Waals surface area contributed by atoms with Crippen LogP contribution < -0.4 is 0 Å². The molecule has 0 aliphatic carbocycles. The zero-order valence-corrected chi connectivity index (χ0v) is 9.57. The molecule has 1 saturated heterocycles. The molecule has 2 unspecified atom stereocenters. The topological polar surface area (TPSA) is 66.6 Å². The molecule has 0 saturated carbocycles. The molecule has 0 radical (unpaired) electrons. The van der Waals surface area contributed by atoms with Crippen LogP contribution in [0.1, 0.15) is 0 Å². The van der Waals surface area contributed by atoms with Gasteiger partial charge in [0.1, 0.15) is 16.6 Å². The van der Waals surface area contributed by atoms with E-state index in [1.165, 1.54) is 12.1 Å². The van der Waals surface area contributed by atoms with Crippen LogP contribution in [0.5, 0.6) is 0 Å². The van der Waals surface area contributed by atoms with E-state index in [4.69, 9.17) is 0 Å². The van der Waals surface area contributed by atoms with Crippen molar-refractivity contribution in [2.45, 2.75) is 17.1 Å². The minimum absolute atomic E-state index is 0.289. The molecule has 98 valence electrons. The van der Waals surface area contributed by atoms with E-state index in [0.717, 1.165) is 12.1 Å². The van der Waals surface area contributed by atoms with E-state index in [1.807, 2.05) is 0 Å². The average Bonchev–Trinajstić information content (AvgIpc) is 3.08. The molecule has 9 heteroatoms. The van der Waals surface area contributed by atoms with Gasteiger partial charge in [0.15, 0.2) is 0 Å². The van der Waals surface area contributed by atoms with Gasteiger partial charge in [0.2, 0.25) is 10.0 Å². The van der Waals surface area contributed by atoms with E-state index < -0.39 is 39.4 Å². The van der Waals surface area contributed by atoms with Crippen molar-refractivity contribution in [3.8, 4) is 0 Å². The lowest BCUT2D eigenvalue weighted by Crippen LogP contribution is -2.24. The number of benzene rings is 1. The van der Waals surface area contributed by atoms with Gasteiger partial charge in [-0.1, -0.05) is 12.1 Å². The van der Waals surface area contributed by atoms with Gasteiger partial charge in [-0.15, -0.1) is 4.91 Å². The molecule has 0 amide bonds. The molecule has 1 aromatic rings. The first-order valence-electron chi connectivity index (χ1n) is 4.79. The van der Waals surface area contributed by atoms with Gasteiger partial charge in [-0.2, -0.15) is 17.5 Å². The molecular formula is C9H7F3N2O3S. The van der Waals surface area contributed by atoms with Gasteiger partial charge in [0.05, 0.1) is 0 Å². The Morgan fingerprint density at radius 1 is 1.28 bits per heavy atom. The van der Waals surface area contributed by atoms with Gasteiger partial charge in [0, 0.05) is 6.54 Å². The Labute approximate surface area is 100 Å². The summed E-state index contributed by atoms with van der Waals surface area (Å²) in [6.45, 7) is -0.626. The molecule has 0 bridgehead atoms. The van der Waals surface area contributed by atoms with Crippen molar-refractivity contribution in [3.05, 3.63) is 29.2 Å². The Balaban J connectivity index is 2.37. The second kappa shape index (κ2) is 4.02. The second-order valence-corrected chi connectivity index (χ2v) is 5.55. The first-order chi connectivity index (χ1) is 8.28. The summed E-state index contributed by atoms with van der Waals surface area (Å²) >= 11 is 0. The Morgan fingerprint density at radius 3 is 2.39 bits per heavy atom. The minimum Gasteiger partial charge on any atom is -0.207 e. The fourth-order valence-electron chi connectivity index (χ4n) is 1.53. The third-order valence-corrected chi connectivity index (χ3v) is 4.42. The summed E-state index contributed by atoms with van der Waals surface area (Å²) < 4.78 is 61.0. The zero-order valence-electron chi connectivity index (χ0n) is 8.76. The van der Waals surface area contributed by atoms with Crippen LogP contribution in [0.3, 0.4) is 0 Å². The highest BCUT2D eigenvalue weighted by molar-refractivity contribution is 7.89. The normalized spacial score (nSPS) is 23.7.